The molecule has 0 N–H and O–H groups in total. The van der Waals surface area contributed by atoms with E-state index in [0.29, 0.717) is 19.5 Å². The van der Waals surface area contributed by atoms with E-state index in [2.05, 4.69) is 11.1 Å². The number of aromatic nitrogens is 1. The van der Waals surface area contributed by atoms with Gasteiger partial charge in [-0.1, -0.05) is 18.2 Å². The third-order valence-corrected chi connectivity index (χ3v) is 4.07. The van der Waals surface area contributed by atoms with E-state index in [1.807, 2.05) is 36.4 Å². The predicted molar refractivity (Wildman–Crippen MR) is 96.0 cm³/mol. The summed E-state index contributed by atoms with van der Waals surface area (Å²) >= 11 is 0. The Labute approximate surface area is 146 Å². The summed E-state index contributed by atoms with van der Waals surface area (Å²) in [6.45, 7) is 0.800. The molecule has 0 aliphatic carbocycles. The van der Waals surface area contributed by atoms with Crippen molar-refractivity contribution in [3.63, 3.8) is 0 Å². The van der Waals surface area contributed by atoms with Crippen LogP contribution in [0.5, 0.6) is 11.5 Å². The molecule has 0 aliphatic heterocycles. The molecule has 0 aliphatic rings. The molecular formula is C20H19NO4. The van der Waals surface area contributed by atoms with E-state index in [0.717, 1.165) is 39.1 Å². The van der Waals surface area contributed by atoms with Gasteiger partial charge in [0.25, 0.3) is 6.47 Å². The highest BCUT2D eigenvalue weighted by Gasteiger charge is 2.11. The van der Waals surface area contributed by atoms with Gasteiger partial charge >= 0.3 is 0 Å². The Morgan fingerprint density at radius 1 is 1.04 bits per heavy atom. The lowest BCUT2D eigenvalue weighted by Crippen LogP contribution is -1.99. The van der Waals surface area contributed by atoms with E-state index in [4.69, 9.17) is 14.2 Å². The van der Waals surface area contributed by atoms with Gasteiger partial charge in [0.15, 0.2) is 0 Å². The van der Waals surface area contributed by atoms with E-state index in [9.17, 15) is 4.79 Å². The van der Waals surface area contributed by atoms with Crippen LogP contribution >= 0.6 is 0 Å². The molecule has 3 aromatic rings. The van der Waals surface area contributed by atoms with Gasteiger partial charge in [0.2, 0.25) is 0 Å². The molecule has 1 heterocycles. The Hall–Kier alpha value is -3.08. The van der Waals surface area contributed by atoms with Crippen LogP contribution in [0.2, 0.25) is 0 Å². The van der Waals surface area contributed by atoms with Gasteiger partial charge in [-0.05, 0) is 34.9 Å². The zero-order chi connectivity index (χ0) is 17.6. The van der Waals surface area contributed by atoms with Gasteiger partial charge in [0, 0.05) is 24.1 Å². The summed E-state index contributed by atoms with van der Waals surface area (Å²) in [4.78, 5) is 14.9. The first-order chi connectivity index (χ1) is 12.3. The van der Waals surface area contributed by atoms with Crippen molar-refractivity contribution < 1.29 is 19.0 Å². The average molecular weight is 337 g/mol. The SMILES string of the molecule is COc1cc(OC)cc(-c2ccc(CCOC=O)c3ncccc23)c1. The van der Waals surface area contributed by atoms with Crippen molar-refractivity contribution in [3.8, 4) is 22.6 Å². The van der Waals surface area contributed by atoms with Crippen molar-refractivity contribution in [2.75, 3.05) is 20.8 Å². The Kier molecular flexibility index (Phi) is 5.14. The minimum atomic E-state index is 0.335. The number of ether oxygens (including phenoxy) is 3. The van der Waals surface area contributed by atoms with Crippen molar-refractivity contribution in [2.45, 2.75) is 6.42 Å². The van der Waals surface area contributed by atoms with Gasteiger partial charge in [0.1, 0.15) is 11.5 Å². The van der Waals surface area contributed by atoms with E-state index < -0.39 is 0 Å². The molecule has 0 fully saturated rings. The third-order valence-electron chi connectivity index (χ3n) is 4.07. The Balaban J connectivity index is 2.12. The van der Waals surface area contributed by atoms with Crippen LogP contribution in [0.4, 0.5) is 0 Å². The van der Waals surface area contributed by atoms with Gasteiger partial charge in [-0.3, -0.25) is 9.78 Å². The molecule has 3 rings (SSSR count). The van der Waals surface area contributed by atoms with Gasteiger partial charge in [-0.2, -0.15) is 0 Å². The fraction of sp³-hybridized carbons (Fsp3) is 0.200. The Morgan fingerprint density at radius 2 is 1.80 bits per heavy atom. The lowest BCUT2D eigenvalue weighted by molar-refractivity contribution is -0.128. The molecule has 0 unspecified atom stereocenters. The first-order valence-electron chi connectivity index (χ1n) is 7.92. The minimum Gasteiger partial charge on any atom is -0.497 e. The fourth-order valence-electron chi connectivity index (χ4n) is 2.86. The second kappa shape index (κ2) is 7.66. The lowest BCUT2D eigenvalue weighted by atomic mass is 9.96. The molecule has 5 nitrogen and oxygen atoms in total. The topological polar surface area (TPSA) is 57.7 Å². The third kappa shape index (κ3) is 3.55. The Bertz CT molecular complexity index is 870. The lowest BCUT2D eigenvalue weighted by Gasteiger charge is -2.13. The monoisotopic (exact) mass is 337 g/mol. The highest BCUT2D eigenvalue weighted by Crippen LogP contribution is 2.34. The van der Waals surface area contributed by atoms with Crippen molar-refractivity contribution in [2.24, 2.45) is 0 Å². The number of hydrogen-bond donors (Lipinski definition) is 0. The first-order valence-corrected chi connectivity index (χ1v) is 7.92. The largest absolute Gasteiger partial charge is 0.497 e. The van der Waals surface area contributed by atoms with Crippen LogP contribution in [-0.2, 0) is 16.0 Å². The molecule has 0 bridgehead atoms. The number of fused-ring (bicyclic) bond motifs is 1. The molecule has 2 aromatic carbocycles. The van der Waals surface area contributed by atoms with Gasteiger partial charge < -0.3 is 14.2 Å². The minimum absolute atomic E-state index is 0.335. The van der Waals surface area contributed by atoms with Crippen molar-refractivity contribution in [3.05, 3.63) is 54.2 Å². The fourth-order valence-corrected chi connectivity index (χ4v) is 2.86. The highest BCUT2D eigenvalue weighted by molar-refractivity contribution is 5.96. The standard InChI is InChI=1S/C20H19NO4/c1-23-16-10-15(11-17(12-16)24-2)18-6-5-14(7-9-25-13-22)20-19(18)4-3-8-21-20/h3-6,8,10-13H,7,9H2,1-2H3. The molecular weight excluding hydrogens is 318 g/mol. The highest BCUT2D eigenvalue weighted by atomic mass is 16.5. The molecule has 25 heavy (non-hydrogen) atoms. The maximum Gasteiger partial charge on any atom is 0.293 e. The summed E-state index contributed by atoms with van der Waals surface area (Å²) in [5.41, 5.74) is 3.97. The summed E-state index contributed by atoms with van der Waals surface area (Å²) in [6.07, 6.45) is 2.39. The molecule has 0 saturated carbocycles. The molecule has 0 amide bonds. The number of carbonyl (C=O) groups is 1. The number of methoxy groups -OCH3 is 2. The van der Waals surface area contributed by atoms with E-state index in [1.54, 1.807) is 20.4 Å². The maximum atomic E-state index is 10.4. The summed E-state index contributed by atoms with van der Waals surface area (Å²) in [6, 6.07) is 13.8. The molecule has 1 aromatic heterocycles. The van der Waals surface area contributed by atoms with Crippen LogP contribution < -0.4 is 9.47 Å². The zero-order valence-corrected chi connectivity index (χ0v) is 14.2. The summed E-state index contributed by atoms with van der Waals surface area (Å²) in [7, 11) is 3.27. The summed E-state index contributed by atoms with van der Waals surface area (Å²) in [5.74, 6) is 1.46. The van der Waals surface area contributed by atoms with E-state index in [-0.39, 0.29) is 0 Å². The number of benzene rings is 2. The van der Waals surface area contributed by atoms with Gasteiger partial charge in [-0.15, -0.1) is 0 Å². The number of pyridine rings is 1. The molecule has 0 spiro atoms. The van der Waals surface area contributed by atoms with Crippen molar-refractivity contribution in [1.29, 1.82) is 0 Å². The number of hydrogen-bond acceptors (Lipinski definition) is 5. The number of carbonyl (C=O) groups excluding carboxylic acids is 1. The Morgan fingerprint density at radius 3 is 2.48 bits per heavy atom. The zero-order valence-electron chi connectivity index (χ0n) is 14.2. The summed E-state index contributed by atoms with van der Waals surface area (Å²) in [5, 5.41) is 1.03. The van der Waals surface area contributed by atoms with Crippen LogP contribution in [0.1, 0.15) is 5.56 Å². The predicted octanol–water partition coefficient (Wildman–Crippen LogP) is 3.63. The second-order valence-electron chi connectivity index (χ2n) is 5.49. The van der Waals surface area contributed by atoms with Crippen molar-refractivity contribution >= 4 is 17.4 Å². The number of nitrogens with zero attached hydrogens (tertiary/aromatic N) is 1. The molecule has 0 atom stereocenters. The van der Waals surface area contributed by atoms with Crippen LogP contribution in [0, 0.1) is 0 Å². The molecule has 5 heteroatoms. The second-order valence-corrected chi connectivity index (χ2v) is 5.49. The average Bonchev–Trinajstić information content (AvgIpc) is 2.67. The van der Waals surface area contributed by atoms with Crippen LogP contribution in [0.25, 0.3) is 22.0 Å². The van der Waals surface area contributed by atoms with E-state index >= 15 is 0 Å². The van der Waals surface area contributed by atoms with Crippen LogP contribution in [0.15, 0.2) is 48.7 Å². The normalized spacial score (nSPS) is 10.5. The smallest absolute Gasteiger partial charge is 0.293 e. The molecule has 0 radical (unpaired) electrons. The quantitative estimate of drug-likeness (QED) is 0.487. The van der Waals surface area contributed by atoms with Crippen LogP contribution in [0.3, 0.4) is 0 Å². The van der Waals surface area contributed by atoms with E-state index in [1.165, 1.54) is 0 Å². The van der Waals surface area contributed by atoms with Gasteiger partial charge in [0.05, 0.1) is 26.3 Å². The number of rotatable bonds is 7. The molecule has 128 valence electrons. The maximum absolute atomic E-state index is 10.4. The van der Waals surface area contributed by atoms with Crippen molar-refractivity contribution in [1.82, 2.24) is 4.98 Å². The first kappa shape index (κ1) is 16.8. The molecule has 0 saturated heterocycles. The van der Waals surface area contributed by atoms with Crippen LogP contribution in [-0.4, -0.2) is 32.3 Å². The van der Waals surface area contributed by atoms with Gasteiger partial charge in [-0.25, -0.2) is 0 Å². The summed E-state index contributed by atoms with van der Waals surface area (Å²) < 4.78 is 15.6.